The van der Waals surface area contributed by atoms with Crippen LogP contribution in [-0.4, -0.2) is 46.6 Å². The van der Waals surface area contributed by atoms with Gasteiger partial charge in [0.25, 0.3) is 0 Å². The van der Waals surface area contributed by atoms with Gasteiger partial charge in [-0.3, -0.25) is 0 Å². The summed E-state index contributed by atoms with van der Waals surface area (Å²) in [6.45, 7) is 9.02. The van der Waals surface area contributed by atoms with Crippen molar-refractivity contribution < 1.29 is 22.3 Å². The van der Waals surface area contributed by atoms with Gasteiger partial charge in [0, 0.05) is 45.6 Å². The summed E-state index contributed by atoms with van der Waals surface area (Å²) in [6, 6.07) is 31.7. The summed E-state index contributed by atoms with van der Waals surface area (Å²) in [6.07, 6.45) is -1.56. The van der Waals surface area contributed by atoms with Crippen molar-refractivity contribution in [2.24, 2.45) is 0 Å². The van der Waals surface area contributed by atoms with Gasteiger partial charge >= 0.3 is 6.18 Å². The number of nitrogens with zero attached hydrogens (tertiary/aromatic N) is 4. The molecule has 0 amide bonds. The summed E-state index contributed by atoms with van der Waals surface area (Å²) < 4.78 is 62.5. The Morgan fingerprint density at radius 3 is 1.68 bits per heavy atom. The molecule has 16 heteroatoms. The molecule has 2 heterocycles. The van der Waals surface area contributed by atoms with E-state index in [0.29, 0.717) is 33.1 Å². The highest BCUT2D eigenvalue weighted by Gasteiger charge is 2.30. The van der Waals surface area contributed by atoms with E-state index >= 15 is 0 Å². The first-order valence-corrected chi connectivity index (χ1v) is 24.2. The van der Waals surface area contributed by atoms with Gasteiger partial charge in [-0.2, -0.15) is 25.8 Å². The predicted molar refractivity (Wildman–Crippen MR) is 232 cm³/mol. The third kappa shape index (κ3) is 15.1. The standard InChI is InChI=1S/C20H19F3N3OPS.C12H13ClN3OP.C8H10S/c1-28(2,27)17-8-6-16(7-9-17)26-18-11-19(25-13-24-18)29-12-14-4-3-5-15(10-14)20(21,22)23;1-18(2,17)10-5-3-9(4-6-10)16-12-7-11(13)14-8-15-12;1-7-3-2-4-8(5-7)6-9/h3-11,13H,12H2,1-2H3,(H,24,25,26);3-8H,1-2H3,(H,14,15,16);2-5,9H,6H2,1H3. The second kappa shape index (κ2) is 20.3. The Morgan fingerprint density at radius 2 is 1.20 bits per heavy atom. The van der Waals surface area contributed by atoms with Gasteiger partial charge in [-0.15, -0.1) is 11.8 Å². The lowest BCUT2D eigenvalue weighted by atomic mass is 10.1. The molecular formula is C40H42ClF3N6O2P2S2. The number of aromatic nitrogens is 4. The number of thiol groups is 1. The van der Waals surface area contributed by atoms with Crippen LogP contribution in [0.2, 0.25) is 5.15 Å². The van der Waals surface area contributed by atoms with Gasteiger partial charge in [0.1, 0.15) is 48.8 Å². The number of anilines is 4. The molecule has 6 rings (SSSR count). The van der Waals surface area contributed by atoms with E-state index in [1.54, 1.807) is 44.9 Å². The van der Waals surface area contributed by atoms with Crippen LogP contribution >= 0.6 is 50.3 Å². The Bertz CT molecular complexity index is 2290. The maximum atomic E-state index is 12.8. The molecule has 0 unspecified atom stereocenters. The number of halogens is 4. The van der Waals surface area contributed by atoms with Crippen LogP contribution in [0.15, 0.2) is 127 Å². The van der Waals surface area contributed by atoms with Gasteiger partial charge in [0.2, 0.25) is 0 Å². The minimum Gasteiger partial charge on any atom is -0.340 e. The lowest BCUT2D eigenvalue weighted by Crippen LogP contribution is -2.05. The molecule has 0 saturated carbocycles. The molecule has 0 aliphatic carbocycles. The molecule has 294 valence electrons. The van der Waals surface area contributed by atoms with Crippen molar-refractivity contribution in [3.8, 4) is 0 Å². The van der Waals surface area contributed by atoms with Crippen molar-refractivity contribution >= 4 is 83.9 Å². The number of benzene rings is 4. The average Bonchev–Trinajstić information content (AvgIpc) is 3.14. The van der Waals surface area contributed by atoms with E-state index in [-0.39, 0.29) is 0 Å². The van der Waals surface area contributed by atoms with Crippen molar-refractivity contribution in [3.05, 3.63) is 149 Å². The monoisotopic (exact) mass is 856 g/mol. The third-order valence-corrected chi connectivity index (χ3v) is 12.4. The lowest BCUT2D eigenvalue weighted by Gasteiger charge is -2.10. The molecular weight excluding hydrogens is 815 g/mol. The van der Waals surface area contributed by atoms with Crippen LogP contribution in [0, 0.1) is 6.92 Å². The largest absolute Gasteiger partial charge is 0.416 e. The first-order chi connectivity index (χ1) is 26.4. The van der Waals surface area contributed by atoms with E-state index in [1.165, 1.54) is 41.6 Å². The number of rotatable bonds is 10. The molecule has 4 aromatic carbocycles. The highest BCUT2D eigenvalue weighted by molar-refractivity contribution is 7.98. The Balaban J connectivity index is 0.000000217. The zero-order chi connectivity index (χ0) is 40.9. The van der Waals surface area contributed by atoms with Crippen molar-refractivity contribution in [2.75, 3.05) is 37.3 Å². The molecule has 0 aliphatic heterocycles. The summed E-state index contributed by atoms with van der Waals surface area (Å²) in [5.74, 6) is 2.38. The molecule has 0 bridgehead atoms. The molecule has 0 spiro atoms. The zero-order valence-electron chi connectivity index (χ0n) is 31.3. The summed E-state index contributed by atoms with van der Waals surface area (Å²) in [4.78, 5) is 16.2. The van der Waals surface area contributed by atoms with Crippen LogP contribution in [0.1, 0.15) is 22.3 Å². The second-order valence-electron chi connectivity index (χ2n) is 13.1. The molecule has 56 heavy (non-hydrogen) atoms. The van der Waals surface area contributed by atoms with Crippen LogP contribution in [-0.2, 0) is 26.8 Å². The number of hydrogen-bond donors (Lipinski definition) is 3. The molecule has 8 nitrogen and oxygen atoms in total. The van der Waals surface area contributed by atoms with Crippen LogP contribution in [0.25, 0.3) is 0 Å². The van der Waals surface area contributed by atoms with Gasteiger partial charge in [-0.1, -0.05) is 59.6 Å². The topological polar surface area (TPSA) is 110 Å². The van der Waals surface area contributed by atoms with Crippen LogP contribution in [0.5, 0.6) is 0 Å². The summed E-state index contributed by atoms with van der Waals surface area (Å²) >= 11 is 11.3. The summed E-state index contributed by atoms with van der Waals surface area (Å²) in [5.41, 5.74) is 4.15. The van der Waals surface area contributed by atoms with Gasteiger partial charge in [0.15, 0.2) is 0 Å². The maximum Gasteiger partial charge on any atom is 0.416 e. The molecule has 2 N–H and O–H groups in total. The fourth-order valence-electron chi connectivity index (χ4n) is 4.80. The van der Waals surface area contributed by atoms with E-state index < -0.39 is 26.0 Å². The summed E-state index contributed by atoms with van der Waals surface area (Å²) in [7, 11) is -4.51. The first-order valence-electron chi connectivity index (χ1n) is 17.0. The van der Waals surface area contributed by atoms with Crippen molar-refractivity contribution in [1.29, 1.82) is 0 Å². The lowest BCUT2D eigenvalue weighted by molar-refractivity contribution is -0.137. The van der Waals surface area contributed by atoms with Crippen LogP contribution < -0.4 is 21.2 Å². The number of aryl methyl sites for hydroxylation is 1. The Hall–Kier alpha value is -4.12. The molecule has 0 atom stereocenters. The van der Waals surface area contributed by atoms with Gasteiger partial charge < -0.3 is 19.8 Å². The number of thioether (sulfide) groups is 1. The highest BCUT2D eigenvalue weighted by atomic mass is 35.5. The van der Waals surface area contributed by atoms with Crippen LogP contribution in [0.4, 0.5) is 36.2 Å². The van der Waals surface area contributed by atoms with Crippen LogP contribution in [0.3, 0.4) is 0 Å². The van der Waals surface area contributed by atoms with E-state index in [0.717, 1.165) is 39.9 Å². The smallest absolute Gasteiger partial charge is 0.340 e. The van der Waals surface area contributed by atoms with E-state index in [9.17, 15) is 22.3 Å². The van der Waals surface area contributed by atoms with Gasteiger partial charge in [-0.05, 0) is 99.3 Å². The Labute approximate surface area is 340 Å². The minimum atomic E-state index is -4.36. The van der Waals surface area contributed by atoms with Crippen molar-refractivity contribution in [1.82, 2.24) is 19.9 Å². The molecule has 0 aliphatic rings. The molecule has 0 fully saturated rings. The predicted octanol–water partition coefficient (Wildman–Crippen LogP) is 11.3. The van der Waals surface area contributed by atoms with E-state index in [1.807, 2.05) is 48.5 Å². The average molecular weight is 857 g/mol. The fraction of sp³-hybridized carbons (Fsp3) is 0.200. The molecule has 2 aromatic heterocycles. The first kappa shape index (κ1) is 44.6. The molecule has 0 radical (unpaired) electrons. The molecule has 0 saturated heterocycles. The normalized spacial score (nSPS) is 11.4. The summed E-state index contributed by atoms with van der Waals surface area (Å²) in [5, 5.41) is 8.92. The fourth-order valence-corrected chi connectivity index (χ4v) is 7.69. The van der Waals surface area contributed by atoms with Crippen molar-refractivity contribution in [2.45, 2.75) is 29.6 Å². The second-order valence-corrected chi connectivity index (χ2v) is 21.3. The number of nitrogens with one attached hydrogen (secondary N) is 2. The van der Waals surface area contributed by atoms with Gasteiger partial charge in [0.05, 0.1) is 5.56 Å². The number of alkyl halides is 3. The Kier molecular flexibility index (Phi) is 16.2. The third-order valence-electron chi connectivity index (χ3n) is 7.70. The van der Waals surface area contributed by atoms with Gasteiger partial charge in [-0.25, -0.2) is 19.9 Å². The quantitative estimate of drug-likeness (QED) is 0.0537. The highest BCUT2D eigenvalue weighted by Crippen LogP contribution is 2.36. The maximum absolute atomic E-state index is 12.8. The van der Waals surface area contributed by atoms with E-state index in [4.69, 9.17) is 11.6 Å². The number of hydrogen-bond acceptors (Lipinski definition) is 10. The molecule has 6 aromatic rings. The van der Waals surface area contributed by atoms with Crippen molar-refractivity contribution in [3.63, 3.8) is 0 Å². The minimum absolute atomic E-state index is 0.358. The Morgan fingerprint density at radius 1 is 0.679 bits per heavy atom. The SMILES string of the molecule is CP(C)(=O)c1ccc(Nc2cc(Cl)ncn2)cc1.CP(C)(=O)c1ccc(Nc2cc(SCc3cccc(C(F)(F)F)c3)ncn2)cc1.Cc1cccc(CS)c1. The zero-order valence-corrected chi connectivity index (χ0v) is 35.6. The van der Waals surface area contributed by atoms with E-state index in [2.05, 4.69) is 74.4 Å².